The smallest absolute Gasteiger partial charge is 0.340 e. The standard InChI is InChI=1S/C12H22O11/c1-3(14)5(15)7(17)9(19)11(21)23-12-10(20)8(18)6(16)4(2-13)22-12/h3-10,12-20H,2H2,1H3/t3-,4-,5-,6-,7+,8+,9-,10-,12?/m1/s1. The Kier molecular flexibility index (Phi) is 7.26. The van der Waals surface area contributed by atoms with Gasteiger partial charge in [-0.1, -0.05) is 0 Å². The van der Waals surface area contributed by atoms with Crippen LogP contribution in [0.5, 0.6) is 0 Å². The van der Waals surface area contributed by atoms with Crippen molar-refractivity contribution in [2.45, 2.75) is 62.0 Å². The number of carbonyl (C=O) groups is 1. The van der Waals surface area contributed by atoms with Gasteiger partial charge in [-0.2, -0.15) is 0 Å². The highest BCUT2D eigenvalue weighted by molar-refractivity contribution is 5.75. The predicted octanol–water partition coefficient (Wildman–Crippen LogP) is -5.21. The van der Waals surface area contributed by atoms with Crippen LogP contribution in [0.15, 0.2) is 0 Å². The van der Waals surface area contributed by atoms with E-state index in [2.05, 4.69) is 4.74 Å². The summed E-state index contributed by atoms with van der Waals surface area (Å²) in [5, 5.41) is 75.3. The summed E-state index contributed by atoms with van der Waals surface area (Å²) in [6.07, 6.45) is -16.1. The Labute approximate surface area is 130 Å². The number of aliphatic hydroxyl groups is 8. The van der Waals surface area contributed by atoms with E-state index in [1.165, 1.54) is 0 Å². The minimum absolute atomic E-state index is 0.745. The molecule has 0 saturated carbocycles. The monoisotopic (exact) mass is 342 g/mol. The van der Waals surface area contributed by atoms with Crippen LogP contribution < -0.4 is 0 Å². The van der Waals surface area contributed by atoms with Crippen molar-refractivity contribution in [3.05, 3.63) is 0 Å². The Bertz CT molecular complexity index is 387. The first-order valence-electron chi connectivity index (χ1n) is 6.85. The van der Waals surface area contributed by atoms with Crippen molar-refractivity contribution in [3.63, 3.8) is 0 Å². The second-order valence-corrected chi connectivity index (χ2v) is 5.30. The Hall–Kier alpha value is -0.890. The lowest BCUT2D eigenvalue weighted by Crippen LogP contribution is -2.60. The van der Waals surface area contributed by atoms with Gasteiger partial charge in [0.2, 0.25) is 6.29 Å². The molecule has 1 saturated heterocycles. The van der Waals surface area contributed by atoms with Crippen LogP contribution in [0.25, 0.3) is 0 Å². The maximum Gasteiger partial charge on any atom is 0.340 e. The third-order valence-corrected chi connectivity index (χ3v) is 3.49. The summed E-state index contributed by atoms with van der Waals surface area (Å²) >= 11 is 0. The molecule has 0 radical (unpaired) electrons. The van der Waals surface area contributed by atoms with Crippen molar-refractivity contribution < 1.29 is 55.1 Å². The van der Waals surface area contributed by atoms with Crippen molar-refractivity contribution in [3.8, 4) is 0 Å². The first-order valence-corrected chi connectivity index (χ1v) is 6.85. The molecular formula is C12H22O11. The highest BCUT2D eigenvalue weighted by Crippen LogP contribution is 2.22. The average molecular weight is 342 g/mol. The van der Waals surface area contributed by atoms with Gasteiger partial charge < -0.3 is 50.3 Å². The van der Waals surface area contributed by atoms with Gasteiger partial charge in [-0.15, -0.1) is 0 Å². The molecule has 23 heavy (non-hydrogen) atoms. The van der Waals surface area contributed by atoms with Crippen LogP contribution >= 0.6 is 0 Å². The van der Waals surface area contributed by atoms with Gasteiger partial charge in [-0.3, -0.25) is 0 Å². The first kappa shape index (κ1) is 20.2. The molecule has 1 unspecified atom stereocenters. The van der Waals surface area contributed by atoms with Crippen LogP contribution in [-0.4, -0.2) is 109 Å². The molecule has 0 aromatic rings. The lowest BCUT2D eigenvalue weighted by atomic mass is 9.99. The summed E-state index contributed by atoms with van der Waals surface area (Å²) in [7, 11) is 0. The molecule has 0 aliphatic carbocycles. The zero-order chi connectivity index (χ0) is 17.9. The maximum absolute atomic E-state index is 11.7. The van der Waals surface area contributed by atoms with Crippen LogP contribution in [0.2, 0.25) is 0 Å². The molecule has 8 N–H and O–H groups in total. The summed E-state index contributed by atoms with van der Waals surface area (Å²) in [5.74, 6) is -1.51. The summed E-state index contributed by atoms with van der Waals surface area (Å²) in [5.41, 5.74) is 0. The third-order valence-electron chi connectivity index (χ3n) is 3.49. The molecule has 11 nitrogen and oxygen atoms in total. The molecule has 0 amide bonds. The van der Waals surface area contributed by atoms with E-state index in [4.69, 9.17) is 14.9 Å². The number of esters is 1. The number of hydrogen-bond acceptors (Lipinski definition) is 11. The van der Waals surface area contributed by atoms with E-state index >= 15 is 0 Å². The van der Waals surface area contributed by atoms with Gasteiger partial charge in [0.1, 0.15) is 36.6 Å². The number of aliphatic hydroxyl groups excluding tert-OH is 8. The molecule has 0 spiro atoms. The number of rotatable bonds is 6. The van der Waals surface area contributed by atoms with E-state index in [0.29, 0.717) is 0 Å². The Morgan fingerprint density at radius 3 is 2.09 bits per heavy atom. The van der Waals surface area contributed by atoms with Crippen molar-refractivity contribution in [2.75, 3.05) is 6.61 Å². The zero-order valence-corrected chi connectivity index (χ0v) is 12.2. The van der Waals surface area contributed by atoms with Crippen LogP contribution in [0, 0.1) is 0 Å². The molecular weight excluding hydrogens is 320 g/mol. The molecule has 0 bridgehead atoms. The molecule has 1 aliphatic rings. The SMILES string of the molecule is C[C@@H](O)[C@@H](O)[C@H](O)[C@@H](O)C(=O)OC1O[C@H](CO)[C@@H](O)[C@H](O)[C@H]1O. The second-order valence-electron chi connectivity index (χ2n) is 5.30. The fourth-order valence-electron chi connectivity index (χ4n) is 1.96. The van der Waals surface area contributed by atoms with Gasteiger partial charge in [0.25, 0.3) is 0 Å². The van der Waals surface area contributed by atoms with E-state index in [9.17, 15) is 35.4 Å². The largest absolute Gasteiger partial charge is 0.431 e. The Morgan fingerprint density at radius 2 is 1.61 bits per heavy atom. The lowest BCUT2D eigenvalue weighted by molar-refractivity contribution is -0.295. The Morgan fingerprint density at radius 1 is 1.04 bits per heavy atom. The topological polar surface area (TPSA) is 197 Å². The predicted molar refractivity (Wildman–Crippen MR) is 69.6 cm³/mol. The average Bonchev–Trinajstić information content (AvgIpc) is 2.52. The van der Waals surface area contributed by atoms with Crippen molar-refractivity contribution in [2.24, 2.45) is 0 Å². The maximum atomic E-state index is 11.7. The van der Waals surface area contributed by atoms with E-state index in [-0.39, 0.29) is 0 Å². The van der Waals surface area contributed by atoms with E-state index < -0.39 is 67.7 Å². The highest BCUT2D eigenvalue weighted by atomic mass is 16.7. The number of carbonyl (C=O) groups excluding carboxylic acids is 1. The highest BCUT2D eigenvalue weighted by Gasteiger charge is 2.46. The molecule has 0 aromatic heterocycles. The summed E-state index contributed by atoms with van der Waals surface area (Å²) in [6.45, 7) is 0.369. The number of hydrogen-bond donors (Lipinski definition) is 8. The molecule has 1 rings (SSSR count). The molecule has 1 aliphatic heterocycles. The van der Waals surface area contributed by atoms with Crippen LogP contribution in [0.1, 0.15) is 6.92 Å². The minimum Gasteiger partial charge on any atom is -0.431 e. The van der Waals surface area contributed by atoms with Crippen molar-refractivity contribution in [1.29, 1.82) is 0 Å². The van der Waals surface area contributed by atoms with Crippen LogP contribution in [0.3, 0.4) is 0 Å². The normalized spacial score (nSPS) is 36.8. The molecule has 9 atom stereocenters. The zero-order valence-electron chi connectivity index (χ0n) is 12.2. The number of ether oxygens (including phenoxy) is 2. The molecule has 1 fully saturated rings. The van der Waals surface area contributed by atoms with Gasteiger partial charge in [0.05, 0.1) is 12.7 Å². The van der Waals surface area contributed by atoms with Crippen LogP contribution in [-0.2, 0) is 14.3 Å². The lowest BCUT2D eigenvalue weighted by Gasteiger charge is -2.39. The molecule has 11 heteroatoms. The van der Waals surface area contributed by atoms with Gasteiger partial charge in [0.15, 0.2) is 6.10 Å². The molecule has 136 valence electrons. The van der Waals surface area contributed by atoms with Gasteiger partial charge in [0, 0.05) is 0 Å². The first-order chi connectivity index (χ1) is 10.6. The minimum atomic E-state index is -2.27. The third kappa shape index (κ3) is 4.56. The van der Waals surface area contributed by atoms with Crippen LogP contribution in [0.4, 0.5) is 0 Å². The molecule has 1 heterocycles. The summed E-state index contributed by atoms with van der Waals surface area (Å²) in [4.78, 5) is 11.7. The second kappa shape index (κ2) is 8.28. The molecule has 0 aromatic carbocycles. The van der Waals surface area contributed by atoms with Crippen molar-refractivity contribution in [1.82, 2.24) is 0 Å². The summed E-state index contributed by atoms with van der Waals surface area (Å²) in [6, 6.07) is 0. The van der Waals surface area contributed by atoms with E-state index in [0.717, 1.165) is 6.92 Å². The van der Waals surface area contributed by atoms with E-state index in [1.54, 1.807) is 0 Å². The Balaban J connectivity index is 2.72. The van der Waals surface area contributed by atoms with E-state index in [1.807, 2.05) is 0 Å². The van der Waals surface area contributed by atoms with Gasteiger partial charge in [-0.25, -0.2) is 4.79 Å². The quantitative estimate of drug-likeness (QED) is 0.215. The van der Waals surface area contributed by atoms with Gasteiger partial charge >= 0.3 is 5.97 Å². The van der Waals surface area contributed by atoms with Crippen molar-refractivity contribution >= 4 is 5.97 Å². The fourth-order valence-corrected chi connectivity index (χ4v) is 1.96. The summed E-state index contributed by atoms with van der Waals surface area (Å²) < 4.78 is 9.45. The fraction of sp³-hybridized carbons (Fsp3) is 0.917. The van der Waals surface area contributed by atoms with Gasteiger partial charge in [-0.05, 0) is 6.92 Å².